The third-order valence-electron chi connectivity index (χ3n) is 5.44. The zero-order chi connectivity index (χ0) is 20.7. The number of benzene rings is 1. The smallest absolute Gasteiger partial charge is 0.341 e. The van der Waals surface area contributed by atoms with Crippen molar-refractivity contribution < 1.29 is 19.4 Å². The summed E-state index contributed by atoms with van der Waals surface area (Å²) >= 11 is 0. The third kappa shape index (κ3) is 3.57. The molecule has 3 aliphatic rings. The Balaban J connectivity index is 0.000000472. The van der Waals surface area contributed by atoms with Crippen molar-refractivity contribution in [3.63, 3.8) is 0 Å². The summed E-state index contributed by atoms with van der Waals surface area (Å²) in [7, 11) is 0. The summed E-state index contributed by atoms with van der Waals surface area (Å²) in [5, 5.41) is 9.20. The molecule has 0 radical (unpaired) electrons. The first kappa shape index (κ1) is 19.7. The van der Waals surface area contributed by atoms with Gasteiger partial charge in [0, 0.05) is 47.8 Å². The molecule has 1 aromatic carbocycles. The number of carbonyl (C=O) groups is 1. The Morgan fingerprint density at radius 2 is 1.90 bits per heavy atom. The minimum absolute atomic E-state index is 0.177. The number of hydrogen-bond donors (Lipinski definition) is 1. The summed E-state index contributed by atoms with van der Waals surface area (Å²) in [4.78, 5) is 23.5. The van der Waals surface area contributed by atoms with Gasteiger partial charge in [0.05, 0.1) is 25.5 Å². The van der Waals surface area contributed by atoms with Crippen molar-refractivity contribution in [3.05, 3.63) is 50.8 Å². The molecule has 4 heterocycles. The van der Waals surface area contributed by atoms with Crippen molar-refractivity contribution >= 4 is 5.97 Å². The highest BCUT2D eigenvalue weighted by atomic mass is 16.5. The van der Waals surface area contributed by atoms with Crippen LogP contribution in [0.5, 0.6) is 5.75 Å². The van der Waals surface area contributed by atoms with Crippen LogP contribution in [0.4, 0.5) is 0 Å². The molecule has 1 saturated heterocycles. The minimum atomic E-state index is -1.18. The molecule has 0 amide bonds. The molecule has 6 nitrogen and oxygen atoms in total. The third-order valence-corrected chi connectivity index (χ3v) is 5.44. The highest BCUT2D eigenvalue weighted by molar-refractivity contribution is 5.88. The highest BCUT2D eigenvalue weighted by Crippen LogP contribution is 2.44. The second-order valence-corrected chi connectivity index (χ2v) is 8.55. The van der Waals surface area contributed by atoms with Crippen LogP contribution < -0.4 is 10.2 Å². The van der Waals surface area contributed by atoms with Crippen molar-refractivity contribution in [1.82, 2.24) is 4.57 Å². The van der Waals surface area contributed by atoms with Gasteiger partial charge in [-0.1, -0.05) is 20.8 Å². The molecule has 2 aromatic rings. The molecular weight excluding hydrogens is 370 g/mol. The van der Waals surface area contributed by atoms with Crippen LogP contribution in [-0.4, -0.2) is 35.5 Å². The van der Waals surface area contributed by atoms with E-state index >= 15 is 0 Å². The topological polar surface area (TPSA) is 77.8 Å². The molecule has 1 fully saturated rings. The quantitative estimate of drug-likeness (QED) is 0.839. The number of aryl methyl sites for hydroxylation is 1. The predicted molar refractivity (Wildman–Crippen MR) is 110 cm³/mol. The van der Waals surface area contributed by atoms with E-state index in [4.69, 9.17) is 9.47 Å². The van der Waals surface area contributed by atoms with Crippen LogP contribution in [0.15, 0.2) is 23.1 Å². The summed E-state index contributed by atoms with van der Waals surface area (Å²) < 4.78 is 13.1. The molecule has 0 spiro atoms. The lowest BCUT2D eigenvalue weighted by atomic mass is 9.85. The Hall–Kier alpha value is -2.60. The van der Waals surface area contributed by atoms with E-state index in [0.717, 1.165) is 41.3 Å². The van der Waals surface area contributed by atoms with Gasteiger partial charge in [0.2, 0.25) is 0 Å². The number of rotatable bonds is 2. The van der Waals surface area contributed by atoms with Crippen molar-refractivity contribution in [1.29, 1.82) is 0 Å². The number of carboxylic acid groups (broad SMARTS) is 1. The van der Waals surface area contributed by atoms with Crippen LogP contribution in [0.25, 0.3) is 11.3 Å². The van der Waals surface area contributed by atoms with Gasteiger partial charge in [-0.05, 0) is 24.0 Å². The van der Waals surface area contributed by atoms with Crippen LogP contribution in [0.3, 0.4) is 0 Å². The van der Waals surface area contributed by atoms with E-state index in [0.29, 0.717) is 32.3 Å². The van der Waals surface area contributed by atoms with Crippen molar-refractivity contribution in [2.45, 2.75) is 46.1 Å². The molecule has 0 saturated carbocycles. The summed E-state index contributed by atoms with van der Waals surface area (Å²) in [6.45, 7) is 9.25. The van der Waals surface area contributed by atoms with Crippen molar-refractivity contribution in [3.8, 4) is 17.0 Å². The minimum Gasteiger partial charge on any atom is -0.493 e. The number of aromatic nitrogens is 1. The van der Waals surface area contributed by atoms with Gasteiger partial charge in [-0.3, -0.25) is 4.79 Å². The zero-order valence-electron chi connectivity index (χ0n) is 17.2. The van der Waals surface area contributed by atoms with Gasteiger partial charge in [0.25, 0.3) is 0 Å². The van der Waals surface area contributed by atoms with Crippen molar-refractivity contribution in [2.24, 2.45) is 5.92 Å². The van der Waals surface area contributed by atoms with E-state index in [-0.39, 0.29) is 5.56 Å². The van der Waals surface area contributed by atoms with Crippen LogP contribution in [0.2, 0.25) is 0 Å². The molecule has 1 N–H and O–H groups in total. The van der Waals surface area contributed by atoms with Gasteiger partial charge < -0.3 is 19.1 Å². The molecule has 29 heavy (non-hydrogen) atoms. The standard InChI is InChI=1S/C19H17NO5.C4H10/c21-17-6-16-14-5-13(10-8-24-9-10)18-12(2-4-25-18)11(14)1-3-20(16)7-15(17)19(22)23;1-4(2)3/h5-7,10H,1-4,8-9H2,(H,22,23);4H,1-3H3. The fraction of sp³-hybridized carbons (Fsp3) is 0.478. The largest absolute Gasteiger partial charge is 0.493 e. The second-order valence-electron chi connectivity index (χ2n) is 8.55. The second kappa shape index (κ2) is 7.67. The summed E-state index contributed by atoms with van der Waals surface area (Å²) in [5.41, 5.74) is 4.85. The van der Waals surface area contributed by atoms with E-state index in [1.165, 1.54) is 23.4 Å². The Kier molecular flexibility index (Phi) is 5.21. The summed E-state index contributed by atoms with van der Waals surface area (Å²) in [6, 6.07) is 3.59. The molecule has 0 bridgehead atoms. The fourth-order valence-electron chi connectivity index (χ4n) is 4.09. The number of carboxylic acids is 1. The van der Waals surface area contributed by atoms with Crippen LogP contribution in [-0.2, 0) is 24.1 Å². The number of fused-ring (bicyclic) bond motifs is 5. The Bertz CT molecular complexity index is 1010. The Labute approximate surface area is 170 Å². The van der Waals surface area contributed by atoms with Crippen molar-refractivity contribution in [2.75, 3.05) is 19.8 Å². The summed E-state index contributed by atoms with van der Waals surface area (Å²) in [6.07, 6.45) is 3.17. The van der Waals surface area contributed by atoms with Gasteiger partial charge in [-0.2, -0.15) is 0 Å². The molecule has 1 aromatic heterocycles. The van der Waals surface area contributed by atoms with Crippen LogP contribution >= 0.6 is 0 Å². The lowest BCUT2D eigenvalue weighted by Gasteiger charge is -2.31. The first-order chi connectivity index (χ1) is 13.9. The molecule has 6 heteroatoms. The summed E-state index contributed by atoms with van der Waals surface area (Å²) in [5.74, 6) is 0.989. The molecule has 0 aliphatic carbocycles. The SMILES string of the molecule is CC(C)C.O=C(O)c1cn2c(cc1=O)-c1cc(C3COC3)c3c(c1CC2)CCO3. The normalized spacial score (nSPS) is 16.7. The van der Waals surface area contributed by atoms with Gasteiger partial charge >= 0.3 is 5.97 Å². The number of aromatic carboxylic acids is 1. The maximum Gasteiger partial charge on any atom is 0.341 e. The highest BCUT2D eigenvalue weighted by Gasteiger charge is 2.32. The molecular formula is C23H27NO5. The van der Waals surface area contributed by atoms with Gasteiger partial charge in [0.15, 0.2) is 5.43 Å². The molecule has 5 rings (SSSR count). The van der Waals surface area contributed by atoms with Crippen LogP contribution in [0, 0.1) is 5.92 Å². The fourth-order valence-corrected chi connectivity index (χ4v) is 4.09. The average Bonchev–Trinajstić information content (AvgIpc) is 3.09. The number of pyridine rings is 1. The first-order valence-corrected chi connectivity index (χ1v) is 10.2. The van der Waals surface area contributed by atoms with E-state index in [2.05, 4.69) is 26.8 Å². The van der Waals surface area contributed by atoms with Gasteiger partial charge in [0.1, 0.15) is 11.3 Å². The Morgan fingerprint density at radius 1 is 1.17 bits per heavy atom. The lowest BCUT2D eigenvalue weighted by molar-refractivity contribution is 0.00752. The van der Waals surface area contributed by atoms with Crippen LogP contribution in [0.1, 0.15) is 53.7 Å². The lowest BCUT2D eigenvalue weighted by Crippen LogP contribution is -2.26. The maximum absolute atomic E-state index is 12.2. The maximum atomic E-state index is 12.2. The average molecular weight is 397 g/mol. The number of nitrogens with zero attached hydrogens (tertiary/aromatic N) is 1. The predicted octanol–water partition coefficient (Wildman–Crippen LogP) is 3.48. The molecule has 3 aliphatic heterocycles. The molecule has 0 unspecified atom stereocenters. The monoisotopic (exact) mass is 397 g/mol. The van der Waals surface area contributed by atoms with Gasteiger partial charge in [-0.25, -0.2) is 4.79 Å². The van der Waals surface area contributed by atoms with E-state index in [9.17, 15) is 14.7 Å². The van der Waals surface area contributed by atoms with E-state index in [1.54, 1.807) is 0 Å². The van der Waals surface area contributed by atoms with E-state index in [1.807, 2.05) is 4.57 Å². The zero-order valence-corrected chi connectivity index (χ0v) is 17.2. The van der Waals surface area contributed by atoms with Gasteiger partial charge in [-0.15, -0.1) is 0 Å². The number of hydrogen-bond acceptors (Lipinski definition) is 4. The van der Waals surface area contributed by atoms with E-state index < -0.39 is 11.4 Å². The molecule has 154 valence electrons. The number of ether oxygens (including phenoxy) is 2. The molecule has 0 atom stereocenters. The Morgan fingerprint density at radius 3 is 2.52 bits per heavy atom. The first-order valence-electron chi connectivity index (χ1n) is 10.2.